The summed E-state index contributed by atoms with van der Waals surface area (Å²) in [7, 11) is 0. The molecule has 1 aliphatic heterocycles. The van der Waals surface area contributed by atoms with E-state index in [9.17, 15) is 14.4 Å². The van der Waals surface area contributed by atoms with Crippen molar-refractivity contribution in [2.45, 2.75) is 40.2 Å². The van der Waals surface area contributed by atoms with E-state index >= 15 is 0 Å². The molecule has 1 unspecified atom stereocenters. The highest BCUT2D eigenvalue weighted by Gasteiger charge is 2.46. The second-order valence-electron chi connectivity index (χ2n) is 8.06. The molecule has 0 bridgehead atoms. The summed E-state index contributed by atoms with van der Waals surface area (Å²) in [5.41, 5.74) is 2.16. The van der Waals surface area contributed by atoms with Crippen LogP contribution in [0.1, 0.15) is 32.8 Å². The highest BCUT2D eigenvalue weighted by atomic mass is 16.5. The van der Waals surface area contributed by atoms with Crippen LogP contribution in [0.5, 0.6) is 5.75 Å². The van der Waals surface area contributed by atoms with Gasteiger partial charge in [0.05, 0.1) is 18.7 Å². The van der Waals surface area contributed by atoms with Gasteiger partial charge in [-0.15, -0.1) is 0 Å². The molecule has 0 spiro atoms. The van der Waals surface area contributed by atoms with Crippen molar-refractivity contribution in [3.05, 3.63) is 54.1 Å². The van der Waals surface area contributed by atoms with Crippen LogP contribution in [0.3, 0.4) is 0 Å². The summed E-state index contributed by atoms with van der Waals surface area (Å²) in [4.78, 5) is 41.6. The fourth-order valence-corrected chi connectivity index (χ4v) is 3.55. The molecule has 1 atom stereocenters. The van der Waals surface area contributed by atoms with Crippen LogP contribution in [0.2, 0.25) is 0 Å². The van der Waals surface area contributed by atoms with Gasteiger partial charge in [0.25, 0.3) is 5.91 Å². The maximum atomic E-state index is 13.2. The molecule has 164 valence electrons. The van der Waals surface area contributed by atoms with Crippen LogP contribution >= 0.6 is 0 Å². The first-order chi connectivity index (χ1) is 14.8. The quantitative estimate of drug-likeness (QED) is 0.645. The molecule has 0 radical (unpaired) electrons. The molecule has 1 aliphatic rings. The van der Waals surface area contributed by atoms with Crippen LogP contribution in [-0.4, -0.2) is 41.9 Å². The van der Waals surface area contributed by atoms with Crippen molar-refractivity contribution in [2.75, 3.05) is 23.4 Å². The third kappa shape index (κ3) is 5.23. The van der Waals surface area contributed by atoms with Gasteiger partial charge in [0.2, 0.25) is 5.91 Å². The summed E-state index contributed by atoms with van der Waals surface area (Å²) in [6, 6.07) is 13.0. The molecule has 2 aromatic rings. The fourth-order valence-electron chi connectivity index (χ4n) is 3.55. The maximum absolute atomic E-state index is 13.2. The topological polar surface area (TPSA) is 79.0 Å². The second kappa shape index (κ2) is 9.64. The molecule has 1 heterocycles. The monoisotopic (exact) mass is 423 g/mol. The number of aryl methyl sites for hydroxylation is 1. The number of carbonyl (C=O) groups is 3. The van der Waals surface area contributed by atoms with Gasteiger partial charge in [-0.05, 0) is 56.2 Å². The lowest BCUT2D eigenvalue weighted by molar-refractivity contribution is -0.124. The number of rotatable bonds is 8. The second-order valence-corrected chi connectivity index (χ2v) is 8.06. The van der Waals surface area contributed by atoms with Gasteiger partial charge >= 0.3 is 6.03 Å². The van der Waals surface area contributed by atoms with Crippen LogP contribution in [0.15, 0.2) is 48.5 Å². The van der Waals surface area contributed by atoms with E-state index < -0.39 is 6.04 Å². The molecule has 4 amide bonds. The lowest BCUT2D eigenvalue weighted by atomic mass is 10.1. The molecule has 2 aromatic carbocycles. The molecule has 1 N–H and O–H groups in total. The lowest BCUT2D eigenvalue weighted by Gasteiger charge is -2.23. The van der Waals surface area contributed by atoms with E-state index in [2.05, 4.69) is 5.32 Å². The zero-order valence-corrected chi connectivity index (χ0v) is 18.4. The Balaban J connectivity index is 1.76. The van der Waals surface area contributed by atoms with Crippen LogP contribution in [0.4, 0.5) is 16.2 Å². The van der Waals surface area contributed by atoms with Gasteiger partial charge in [-0.3, -0.25) is 9.59 Å². The van der Waals surface area contributed by atoms with E-state index in [-0.39, 0.29) is 30.2 Å². The predicted octanol–water partition coefficient (Wildman–Crippen LogP) is 4.22. The Bertz CT molecular complexity index is 938. The Morgan fingerprint density at radius 1 is 1.06 bits per heavy atom. The number of anilines is 2. The van der Waals surface area contributed by atoms with E-state index in [1.165, 1.54) is 9.80 Å². The summed E-state index contributed by atoms with van der Waals surface area (Å²) >= 11 is 0. The van der Waals surface area contributed by atoms with Crippen LogP contribution < -0.4 is 15.0 Å². The Morgan fingerprint density at radius 2 is 1.71 bits per heavy atom. The van der Waals surface area contributed by atoms with Crippen LogP contribution in [-0.2, 0) is 9.59 Å². The number of hydrogen-bond acceptors (Lipinski definition) is 4. The van der Waals surface area contributed by atoms with Crippen molar-refractivity contribution in [3.8, 4) is 5.75 Å². The molecule has 0 aromatic heterocycles. The zero-order valence-electron chi connectivity index (χ0n) is 18.4. The van der Waals surface area contributed by atoms with Gasteiger partial charge in [-0.25, -0.2) is 9.69 Å². The number of imide groups is 1. The lowest BCUT2D eigenvalue weighted by Crippen LogP contribution is -2.40. The molecule has 0 aliphatic carbocycles. The number of carbonyl (C=O) groups excluding carboxylic acids is 3. The van der Waals surface area contributed by atoms with Gasteiger partial charge < -0.3 is 15.0 Å². The highest BCUT2D eigenvalue weighted by Crippen LogP contribution is 2.28. The Hall–Kier alpha value is -3.35. The molecule has 1 fully saturated rings. The minimum absolute atomic E-state index is 0.104. The number of ether oxygens (including phenoxy) is 1. The number of amides is 4. The molecular formula is C24H29N3O4. The number of hydrogen-bond donors (Lipinski definition) is 1. The molecule has 1 saturated heterocycles. The average Bonchev–Trinajstić information content (AvgIpc) is 2.94. The minimum atomic E-state index is -0.834. The zero-order chi connectivity index (χ0) is 22.5. The van der Waals surface area contributed by atoms with Crippen molar-refractivity contribution >= 4 is 29.2 Å². The largest absolute Gasteiger partial charge is 0.494 e. The van der Waals surface area contributed by atoms with Gasteiger partial charge in [-0.2, -0.15) is 0 Å². The number of benzene rings is 2. The van der Waals surface area contributed by atoms with Crippen LogP contribution in [0, 0.1) is 12.8 Å². The summed E-state index contributed by atoms with van der Waals surface area (Å²) in [6.07, 6.45) is -0.104. The summed E-state index contributed by atoms with van der Waals surface area (Å²) in [5.74, 6) is 0.173. The van der Waals surface area contributed by atoms with Gasteiger partial charge in [0, 0.05) is 12.2 Å². The Kier molecular flexibility index (Phi) is 6.95. The third-order valence-electron chi connectivity index (χ3n) is 5.00. The molecular weight excluding hydrogens is 394 g/mol. The van der Waals surface area contributed by atoms with Gasteiger partial charge in [0.1, 0.15) is 11.8 Å². The summed E-state index contributed by atoms with van der Waals surface area (Å²) < 4.78 is 5.40. The summed E-state index contributed by atoms with van der Waals surface area (Å²) in [5, 5.41) is 2.81. The average molecular weight is 424 g/mol. The first kappa shape index (κ1) is 22.3. The first-order valence-corrected chi connectivity index (χ1v) is 10.5. The maximum Gasteiger partial charge on any atom is 0.332 e. The van der Waals surface area contributed by atoms with Crippen molar-refractivity contribution < 1.29 is 19.1 Å². The molecule has 3 rings (SSSR count). The van der Waals surface area contributed by atoms with Crippen LogP contribution in [0.25, 0.3) is 0 Å². The standard InChI is InChI=1S/C24H29N3O4/c1-5-31-20-12-8-18(9-13-20)25-22(28)14-21-23(29)27(19-10-6-17(4)7-11-19)24(30)26(21)15-16(2)3/h6-13,16,21H,5,14-15H2,1-4H3,(H,25,28). The highest BCUT2D eigenvalue weighted by molar-refractivity contribution is 6.22. The van der Waals surface area contributed by atoms with Gasteiger partial charge in [0.15, 0.2) is 0 Å². The van der Waals surface area contributed by atoms with Crippen molar-refractivity contribution in [1.82, 2.24) is 4.90 Å². The third-order valence-corrected chi connectivity index (χ3v) is 5.00. The number of nitrogens with zero attached hydrogens (tertiary/aromatic N) is 2. The summed E-state index contributed by atoms with van der Waals surface area (Å²) in [6.45, 7) is 8.75. The fraction of sp³-hybridized carbons (Fsp3) is 0.375. The smallest absolute Gasteiger partial charge is 0.332 e. The molecule has 7 nitrogen and oxygen atoms in total. The van der Waals surface area contributed by atoms with Crippen molar-refractivity contribution in [1.29, 1.82) is 0 Å². The van der Waals surface area contributed by atoms with E-state index in [0.717, 1.165) is 5.56 Å². The van der Waals surface area contributed by atoms with Crippen molar-refractivity contribution in [2.24, 2.45) is 5.92 Å². The SMILES string of the molecule is CCOc1ccc(NC(=O)CC2C(=O)N(c3ccc(C)cc3)C(=O)N2CC(C)C)cc1. The Labute approximate surface area is 183 Å². The van der Waals surface area contributed by atoms with E-state index in [1.807, 2.05) is 39.8 Å². The Morgan fingerprint density at radius 3 is 2.29 bits per heavy atom. The number of nitrogens with one attached hydrogen (secondary N) is 1. The normalized spacial score (nSPS) is 16.2. The molecule has 31 heavy (non-hydrogen) atoms. The molecule has 0 saturated carbocycles. The number of urea groups is 1. The minimum Gasteiger partial charge on any atom is -0.494 e. The van der Waals surface area contributed by atoms with E-state index in [1.54, 1.807) is 36.4 Å². The first-order valence-electron chi connectivity index (χ1n) is 10.5. The predicted molar refractivity (Wildman–Crippen MR) is 120 cm³/mol. The van der Waals surface area contributed by atoms with E-state index in [4.69, 9.17) is 4.74 Å². The molecule has 7 heteroatoms. The van der Waals surface area contributed by atoms with E-state index in [0.29, 0.717) is 30.3 Å². The van der Waals surface area contributed by atoms with Crippen molar-refractivity contribution in [3.63, 3.8) is 0 Å². The van der Waals surface area contributed by atoms with Gasteiger partial charge in [-0.1, -0.05) is 31.5 Å².